The Morgan fingerprint density at radius 3 is 2.83 bits per heavy atom. The summed E-state index contributed by atoms with van der Waals surface area (Å²) >= 11 is 0. The molecule has 1 atom stereocenters. The first-order valence-corrected chi connectivity index (χ1v) is 6.52. The Hall–Kier alpha value is -1.19. The zero-order valence-electron chi connectivity index (χ0n) is 11.1. The molecule has 0 bridgehead atoms. The fraction of sp³-hybridized carbons (Fsp3) is 0.467. The van der Waals surface area contributed by atoms with Gasteiger partial charge in [-0.25, -0.2) is 4.39 Å². The smallest absolute Gasteiger partial charge is 0.123 e. The van der Waals surface area contributed by atoms with E-state index in [4.69, 9.17) is 5.84 Å². The highest BCUT2D eigenvalue weighted by Gasteiger charge is 2.12. The highest BCUT2D eigenvalue weighted by molar-refractivity contribution is 5.29. The zero-order valence-corrected chi connectivity index (χ0v) is 11.1. The molecule has 1 aromatic carbocycles. The number of rotatable bonds is 8. The molecule has 0 radical (unpaired) electrons. The number of nitrogens with one attached hydrogen (secondary N) is 1. The van der Waals surface area contributed by atoms with Crippen molar-refractivity contribution in [1.82, 2.24) is 5.43 Å². The summed E-state index contributed by atoms with van der Waals surface area (Å²) in [5, 5.41) is 0. The van der Waals surface area contributed by atoms with Crippen LogP contribution in [0.25, 0.3) is 0 Å². The lowest BCUT2D eigenvalue weighted by Gasteiger charge is -2.18. The van der Waals surface area contributed by atoms with Crippen LogP contribution in [-0.2, 0) is 0 Å². The summed E-state index contributed by atoms with van der Waals surface area (Å²) in [6, 6.07) is 4.89. The molecule has 3 heteroatoms. The third kappa shape index (κ3) is 4.59. The first kappa shape index (κ1) is 14.9. The second-order valence-electron chi connectivity index (χ2n) is 4.65. The summed E-state index contributed by atoms with van der Waals surface area (Å²) in [5.74, 6) is 5.37. The number of halogens is 1. The van der Waals surface area contributed by atoms with Crippen molar-refractivity contribution < 1.29 is 4.39 Å². The molecule has 1 unspecified atom stereocenters. The molecule has 0 aliphatic rings. The van der Waals surface area contributed by atoms with E-state index >= 15 is 0 Å². The summed E-state index contributed by atoms with van der Waals surface area (Å²) in [5.41, 5.74) is 4.82. The Balaban J connectivity index is 2.54. The number of nitrogens with two attached hydrogens (primary N) is 1. The minimum atomic E-state index is -0.206. The van der Waals surface area contributed by atoms with Gasteiger partial charge in [0.2, 0.25) is 0 Å². The van der Waals surface area contributed by atoms with Crippen molar-refractivity contribution in [3.63, 3.8) is 0 Å². The third-order valence-electron chi connectivity index (χ3n) is 3.22. The minimum absolute atomic E-state index is 0.0319. The second-order valence-corrected chi connectivity index (χ2v) is 4.65. The van der Waals surface area contributed by atoms with Gasteiger partial charge in [-0.1, -0.05) is 25.0 Å². The van der Waals surface area contributed by atoms with Crippen molar-refractivity contribution in [2.75, 3.05) is 0 Å². The largest absolute Gasteiger partial charge is 0.271 e. The molecule has 0 amide bonds. The molecule has 0 heterocycles. The van der Waals surface area contributed by atoms with E-state index in [1.165, 1.54) is 6.07 Å². The molecule has 0 aliphatic heterocycles. The van der Waals surface area contributed by atoms with Crippen LogP contribution in [0.4, 0.5) is 4.39 Å². The highest BCUT2D eigenvalue weighted by Crippen LogP contribution is 2.23. The van der Waals surface area contributed by atoms with Crippen molar-refractivity contribution in [3.8, 4) is 0 Å². The van der Waals surface area contributed by atoms with Crippen molar-refractivity contribution >= 4 is 0 Å². The molecule has 2 nitrogen and oxygen atoms in total. The number of hydrogen-bond donors (Lipinski definition) is 2. The lowest BCUT2D eigenvalue weighted by atomic mass is 9.96. The van der Waals surface area contributed by atoms with Crippen LogP contribution >= 0.6 is 0 Å². The monoisotopic (exact) mass is 250 g/mol. The molecule has 0 aliphatic carbocycles. The maximum atomic E-state index is 13.3. The van der Waals surface area contributed by atoms with Gasteiger partial charge in [-0.3, -0.25) is 11.3 Å². The van der Waals surface area contributed by atoms with Crippen molar-refractivity contribution in [2.45, 2.75) is 45.1 Å². The van der Waals surface area contributed by atoms with Crippen LogP contribution in [0, 0.1) is 12.7 Å². The second kappa shape index (κ2) is 8.01. The van der Waals surface area contributed by atoms with Crippen LogP contribution in [0.5, 0.6) is 0 Å². The predicted molar refractivity (Wildman–Crippen MR) is 74.5 cm³/mol. The summed E-state index contributed by atoms with van der Waals surface area (Å²) in [6.45, 7) is 5.69. The highest BCUT2D eigenvalue weighted by atomic mass is 19.1. The van der Waals surface area contributed by atoms with Gasteiger partial charge in [0.25, 0.3) is 0 Å². The summed E-state index contributed by atoms with van der Waals surface area (Å²) < 4.78 is 13.3. The Morgan fingerprint density at radius 1 is 1.39 bits per heavy atom. The molecule has 100 valence electrons. The molecule has 0 fully saturated rings. The SMILES string of the molecule is C=CCCCCCC(NN)c1cc(F)ccc1C. The maximum absolute atomic E-state index is 13.3. The first-order chi connectivity index (χ1) is 8.69. The van der Waals surface area contributed by atoms with Crippen LogP contribution in [-0.4, -0.2) is 0 Å². The van der Waals surface area contributed by atoms with Crippen LogP contribution in [0.3, 0.4) is 0 Å². The van der Waals surface area contributed by atoms with E-state index in [0.29, 0.717) is 0 Å². The molecule has 1 aromatic rings. The molecular formula is C15H23FN2. The topological polar surface area (TPSA) is 38.0 Å². The molecule has 18 heavy (non-hydrogen) atoms. The third-order valence-corrected chi connectivity index (χ3v) is 3.22. The number of aryl methyl sites for hydroxylation is 1. The number of unbranched alkanes of at least 4 members (excludes halogenated alkanes) is 3. The van der Waals surface area contributed by atoms with Crippen molar-refractivity contribution in [2.24, 2.45) is 5.84 Å². The molecule has 0 saturated carbocycles. The Morgan fingerprint density at radius 2 is 2.17 bits per heavy atom. The van der Waals surface area contributed by atoms with Gasteiger partial charge in [0.1, 0.15) is 5.82 Å². The minimum Gasteiger partial charge on any atom is -0.271 e. The van der Waals surface area contributed by atoms with Gasteiger partial charge in [-0.05, 0) is 49.4 Å². The number of hydrogen-bond acceptors (Lipinski definition) is 2. The first-order valence-electron chi connectivity index (χ1n) is 6.52. The normalized spacial score (nSPS) is 12.4. The van der Waals surface area contributed by atoms with Gasteiger partial charge in [0, 0.05) is 6.04 Å². The zero-order chi connectivity index (χ0) is 13.4. The molecule has 3 N–H and O–H groups in total. The summed E-state index contributed by atoms with van der Waals surface area (Å²) in [6.07, 6.45) is 7.31. The lowest BCUT2D eigenvalue weighted by Crippen LogP contribution is -2.28. The maximum Gasteiger partial charge on any atom is 0.123 e. The predicted octanol–water partition coefficient (Wildman–Crippen LogP) is 3.78. The van der Waals surface area contributed by atoms with E-state index in [1.54, 1.807) is 12.1 Å². The van der Waals surface area contributed by atoms with E-state index in [0.717, 1.165) is 43.2 Å². The van der Waals surface area contributed by atoms with E-state index in [2.05, 4.69) is 12.0 Å². The molecule has 1 rings (SSSR count). The van der Waals surface area contributed by atoms with Crippen LogP contribution in [0.15, 0.2) is 30.9 Å². The number of benzene rings is 1. The van der Waals surface area contributed by atoms with Gasteiger partial charge < -0.3 is 0 Å². The van der Waals surface area contributed by atoms with E-state index in [1.807, 2.05) is 13.0 Å². The van der Waals surface area contributed by atoms with Gasteiger partial charge >= 0.3 is 0 Å². The Kier molecular flexibility index (Phi) is 6.61. The van der Waals surface area contributed by atoms with E-state index < -0.39 is 0 Å². The Bertz CT molecular complexity index is 377. The fourth-order valence-electron chi connectivity index (χ4n) is 2.13. The molecule has 0 saturated heterocycles. The summed E-state index contributed by atoms with van der Waals surface area (Å²) in [7, 11) is 0. The average molecular weight is 250 g/mol. The van der Waals surface area contributed by atoms with Crippen LogP contribution in [0.1, 0.15) is 49.3 Å². The van der Waals surface area contributed by atoms with Gasteiger partial charge in [0.15, 0.2) is 0 Å². The van der Waals surface area contributed by atoms with Crippen molar-refractivity contribution in [3.05, 3.63) is 47.8 Å². The quantitative estimate of drug-likeness (QED) is 0.319. The van der Waals surface area contributed by atoms with Crippen LogP contribution < -0.4 is 11.3 Å². The van der Waals surface area contributed by atoms with Crippen molar-refractivity contribution in [1.29, 1.82) is 0 Å². The van der Waals surface area contributed by atoms with E-state index in [-0.39, 0.29) is 11.9 Å². The fourth-order valence-corrected chi connectivity index (χ4v) is 2.13. The van der Waals surface area contributed by atoms with E-state index in [9.17, 15) is 4.39 Å². The molecular weight excluding hydrogens is 227 g/mol. The molecule has 0 spiro atoms. The van der Waals surface area contributed by atoms with Gasteiger partial charge in [-0.15, -0.1) is 6.58 Å². The average Bonchev–Trinajstić information content (AvgIpc) is 2.37. The van der Waals surface area contributed by atoms with Gasteiger partial charge in [0.05, 0.1) is 0 Å². The lowest BCUT2D eigenvalue weighted by molar-refractivity contribution is 0.479. The summed E-state index contributed by atoms with van der Waals surface area (Å²) in [4.78, 5) is 0. The standard InChI is InChI=1S/C15H23FN2/c1-3-4-5-6-7-8-15(18-17)14-11-13(16)10-9-12(14)2/h3,9-11,15,18H,1,4-8,17H2,2H3. The molecule has 0 aromatic heterocycles. The number of hydrazine groups is 1. The van der Waals surface area contributed by atoms with Gasteiger partial charge in [-0.2, -0.15) is 0 Å². The number of allylic oxidation sites excluding steroid dienone is 1. The Labute approximate surface area is 109 Å². The van der Waals surface area contributed by atoms with Crippen LogP contribution in [0.2, 0.25) is 0 Å².